The average Bonchev–Trinajstić information content (AvgIpc) is 3.39. The van der Waals surface area contributed by atoms with E-state index in [1.54, 1.807) is 6.07 Å². The molecule has 0 aliphatic heterocycles. The van der Waals surface area contributed by atoms with Crippen LogP contribution >= 0.6 is 0 Å². The van der Waals surface area contributed by atoms with Crippen LogP contribution in [0.4, 0.5) is 18.9 Å². The summed E-state index contributed by atoms with van der Waals surface area (Å²) in [6, 6.07) is 6.40. The van der Waals surface area contributed by atoms with Gasteiger partial charge < -0.3 is 5.32 Å². The number of hydrogen-bond donors (Lipinski definition) is 1. The maximum absolute atomic E-state index is 12.7. The lowest BCUT2D eigenvalue weighted by Crippen LogP contribution is -2.33. The van der Waals surface area contributed by atoms with Crippen molar-refractivity contribution in [2.24, 2.45) is 0 Å². The third kappa shape index (κ3) is 3.89. The lowest BCUT2D eigenvalue weighted by atomic mass is 10.2. The molecule has 1 N–H and O–H groups in total. The minimum absolute atomic E-state index is 0.0121. The smallest absolute Gasteiger partial charge is 0.324 e. The molecule has 1 fully saturated rings. The van der Waals surface area contributed by atoms with E-state index in [-0.39, 0.29) is 5.69 Å². The minimum Gasteiger partial charge on any atom is -0.324 e. The molecule has 1 amide bonds. The first-order valence-corrected chi connectivity index (χ1v) is 7.83. The topological polar surface area (TPSA) is 64.0 Å². The van der Waals surface area contributed by atoms with Crippen LogP contribution in [0.3, 0.4) is 0 Å². The number of hydrogen-bond acceptors (Lipinski definition) is 3. The van der Waals surface area contributed by atoms with Gasteiger partial charge in [0.1, 0.15) is 6.04 Å². The number of alkyl halides is 3. The molecule has 3 rings (SSSR count). The van der Waals surface area contributed by atoms with E-state index >= 15 is 0 Å². The summed E-state index contributed by atoms with van der Waals surface area (Å²) in [6.07, 6.45) is -2.50. The normalized spacial score (nSPS) is 15.7. The quantitative estimate of drug-likeness (QED) is 0.919. The van der Waals surface area contributed by atoms with Crippen molar-refractivity contribution in [2.75, 3.05) is 5.32 Å². The predicted molar refractivity (Wildman–Crippen MR) is 85.3 cm³/mol. The van der Waals surface area contributed by atoms with Crippen molar-refractivity contribution < 1.29 is 18.0 Å². The summed E-state index contributed by atoms with van der Waals surface area (Å²) in [5, 5.41) is 6.62. The summed E-state index contributed by atoms with van der Waals surface area (Å²) in [7, 11) is 0. The Hall–Kier alpha value is -2.64. The zero-order valence-corrected chi connectivity index (χ0v) is 13.4. The highest BCUT2D eigenvalue weighted by atomic mass is 19.4. The molecular formula is C17H16F3N3O2. The van der Waals surface area contributed by atoms with Crippen molar-refractivity contribution >= 4 is 11.6 Å². The summed E-state index contributed by atoms with van der Waals surface area (Å²) in [5.41, 5.74) is -0.531. The Morgan fingerprint density at radius 2 is 2.00 bits per heavy atom. The maximum Gasteiger partial charge on any atom is 0.416 e. The van der Waals surface area contributed by atoms with Gasteiger partial charge in [-0.2, -0.15) is 18.3 Å². The molecule has 1 atom stereocenters. The Bertz CT molecular complexity index is 857. The third-order valence-electron chi connectivity index (χ3n) is 4.05. The van der Waals surface area contributed by atoms with Crippen LogP contribution in [0.15, 0.2) is 41.2 Å². The molecule has 0 radical (unpaired) electrons. The van der Waals surface area contributed by atoms with Crippen LogP contribution in [0, 0.1) is 0 Å². The molecule has 132 valence electrons. The summed E-state index contributed by atoms with van der Waals surface area (Å²) in [6.45, 7) is 1.48. The van der Waals surface area contributed by atoms with E-state index in [1.807, 2.05) is 0 Å². The van der Waals surface area contributed by atoms with Crippen LogP contribution < -0.4 is 10.9 Å². The average molecular weight is 351 g/mol. The molecule has 1 saturated carbocycles. The number of nitrogens with zero attached hydrogens (tertiary/aromatic N) is 2. The fourth-order valence-electron chi connectivity index (χ4n) is 2.45. The fraction of sp³-hybridized carbons (Fsp3) is 0.353. The molecule has 1 aliphatic carbocycles. The van der Waals surface area contributed by atoms with Crippen LogP contribution in [-0.2, 0) is 11.0 Å². The van der Waals surface area contributed by atoms with E-state index < -0.39 is 29.2 Å². The standard InChI is InChI=1S/C17H16F3N3O2/c1-10(23-15(24)8-7-14(22-23)11-5-6-11)16(25)21-13-4-2-3-12(9-13)17(18,19)20/h2-4,7-11H,5-6H2,1H3,(H,21,25). The van der Waals surface area contributed by atoms with Crippen LogP contribution in [-0.4, -0.2) is 15.7 Å². The van der Waals surface area contributed by atoms with Crippen molar-refractivity contribution in [2.45, 2.75) is 37.9 Å². The van der Waals surface area contributed by atoms with Gasteiger partial charge in [0.2, 0.25) is 5.91 Å². The van der Waals surface area contributed by atoms with Gasteiger partial charge in [-0.05, 0) is 44.0 Å². The lowest BCUT2D eigenvalue weighted by Gasteiger charge is -2.15. The monoisotopic (exact) mass is 351 g/mol. The highest BCUT2D eigenvalue weighted by Crippen LogP contribution is 2.38. The Kier molecular flexibility index (Phi) is 4.36. The first-order chi connectivity index (χ1) is 11.8. The number of carbonyl (C=O) groups is 1. The molecule has 2 aromatic rings. The van der Waals surface area contributed by atoms with Gasteiger partial charge in [0, 0.05) is 17.7 Å². The van der Waals surface area contributed by atoms with Crippen molar-refractivity contribution in [3.05, 3.63) is 58.0 Å². The molecule has 5 nitrogen and oxygen atoms in total. The van der Waals surface area contributed by atoms with E-state index in [4.69, 9.17) is 0 Å². The van der Waals surface area contributed by atoms with Gasteiger partial charge in [-0.3, -0.25) is 9.59 Å². The molecule has 0 bridgehead atoms. The second kappa shape index (κ2) is 6.34. The molecule has 0 saturated heterocycles. The van der Waals surface area contributed by atoms with Gasteiger partial charge in [-0.15, -0.1) is 0 Å². The van der Waals surface area contributed by atoms with Crippen molar-refractivity contribution in [1.82, 2.24) is 9.78 Å². The summed E-state index contributed by atoms with van der Waals surface area (Å²) in [5.74, 6) is -0.299. The number of rotatable bonds is 4. The van der Waals surface area contributed by atoms with Crippen LogP contribution in [0.1, 0.15) is 43.0 Å². The summed E-state index contributed by atoms with van der Waals surface area (Å²) >= 11 is 0. The molecule has 25 heavy (non-hydrogen) atoms. The summed E-state index contributed by atoms with van der Waals surface area (Å²) in [4.78, 5) is 24.3. The number of amides is 1. The molecular weight excluding hydrogens is 335 g/mol. The van der Waals surface area contributed by atoms with E-state index in [9.17, 15) is 22.8 Å². The molecule has 0 spiro atoms. The first-order valence-electron chi connectivity index (χ1n) is 7.83. The van der Waals surface area contributed by atoms with Crippen molar-refractivity contribution in [1.29, 1.82) is 0 Å². The maximum atomic E-state index is 12.7. The van der Waals surface area contributed by atoms with Gasteiger partial charge in [0.05, 0.1) is 11.3 Å². The van der Waals surface area contributed by atoms with Gasteiger partial charge >= 0.3 is 6.18 Å². The lowest BCUT2D eigenvalue weighted by molar-refractivity contribution is -0.137. The number of nitrogens with one attached hydrogen (secondary N) is 1. The SMILES string of the molecule is CC(C(=O)Nc1cccc(C(F)(F)F)c1)n1nc(C2CC2)ccc1=O. The van der Waals surface area contributed by atoms with Crippen LogP contribution in [0.2, 0.25) is 0 Å². The molecule has 1 unspecified atom stereocenters. The molecule has 1 heterocycles. The molecule has 8 heteroatoms. The van der Waals surface area contributed by atoms with Crippen LogP contribution in [0.5, 0.6) is 0 Å². The zero-order chi connectivity index (χ0) is 18.2. The fourth-order valence-corrected chi connectivity index (χ4v) is 2.45. The highest BCUT2D eigenvalue weighted by molar-refractivity contribution is 5.93. The molecule has 1 aromatic carbocycles. The Morgan fingerprint density at radius 1 is 1.28 bits per heavy atom. The van der Waals surface area contributed by atoms with Gasteiger partial charge in [-0.1, -0.05) is 6.07 Å². The summed E-state index contributed by atoms with van der Waals surface area (Å²) < 4.78 is 39.3. The van der Waals surface area contributed by atoms with E-state index in [0.29, 0.717) is 5.92 Å². The molecule has 1 aliphatic rings. The van der Waals surface area contributed by atoms with Crippen molar-refractivity contribution in [3.63, 3.8) is 0 Å². The second-order valence-electron chi connectivity index (χ2n) is 6.06. The first kappa shape index (κ1) is 17.2. The number of halogens is 3. The predicted octanol–water partition coefficient (Wildman–Crippen LogP) is 3.34. The van der Waals surface area contributed by atoms with Gasteiger partial charge in [-0.25, -0.2) is 4.68 Å². The Labute approximate surface area is 141 Å². The number of anilines is 1. The van der Waals surface area contributed by atoms with Crippen molar-refractivity contribution in [3.8, 4) is 0 Å². The highest BCUT2D eigenvalue weighted by Gasteiger charge is 2.31. The third-order valence-corrected chi connectivity index (χ3v) is 4.05. The van der Waals surface area contributed by atoms with Gasteiger partial charge in [0.25, 0.3) is 5.56 Å². The Balaban J connectivity index is 1.79. The van der Waals surface area contributed by atoms with E-state index in [0.717, 1.165) is 35.4 Å². The molecule has 1 aromatic heterocycles. The Morgan fingerprint density at radius 3 is 2.64 bits per heavy atom. The van der Waals surface area contributed by atoms with E-state index in [1.165, 1.54) is 25.1 Å². The number of benzene rings is 1. The second-order valence-corrected chi connectivity index (χ2v) is 6.06. The van der Waals surface area contributed by atoms with Gasteiger partial charge in [0.15, 0.2) is 0 Å². The van der Waals surface area contributed by atoms with Crippen LogP contribution in [0.25, 0.3) is 0 Å². The largest absolute Gasteiger partial charge is 0.416 e. The zero-order valence-electron chi connectivity index (χ0n) is 13.4. The number of aromatic nitrogens is 2. The minimum atomic E-state index is -4.50. The van der Waals surface area contributed by atoms with E-state index in [2.05, 4.69) is 10.4 Å². The number of carbonyl (C=O) groups excluding carboxylic acids is 1.